The lowest BCUT2D eigenvalue weighted by molar-refractivity contribution is -0.873. The summed E-state index contributed by atoms with van der Waals surface area (Å²) >= 11 is 0. The molecule has 31 heavy (non-hydrogen) atoms. The molecule has 0 radical (unpaired) electrons. The Morgan fingerprint density at radius 3 is 1.94 bits per heavy atom. The number of carbonyl (C=O) groups is 1. The SMILES string of the molecule is CC(C)(C)CCOCCCCCCCCCO[P@](O)OC(CC(=O)O)C[N+](C)(C)C.[OH-]. The van der Waals surface area contributed by atoms with Gasteiger partial charge in [0.05, 0.1) is 34.2 Å². The zero-order chi connectivity index (χ0) is 23.0. The Morgan fingerprint density at radius 2 is 1.45 bits per heavy atom. The maximum atomic E-state index is 11.0. The fourth-order valence-electron chi connectivity index (χ4n) is 2.91. The van der Waals surface area contributed by atoms with Crippen LogP contribution >= 0.6 is 8.60 Å². The van der Waals surface area contributed by atoms with Crippen molar-refractivity contribution in [3.63, 3.8) is 0 Å². The van der Waals surface area contributed by atoms with Crippen molar-refractivity contribution in [2.45, 2.75) is 84.7 Å². The summed E-state index contributed by atoms with van der Waals surface area (Å²) in [6.07, 6.45) is 8.26. The molecule has 2 atom stereocenters. The average Bonchev–Trinajstić information content (AvgIpc) is 2.55. The summed E-state index contributed by atoms with van der Waals surface area (Å²) in [6, 6.07) is 0. The van der Waals surface area contributed by atoms with E-state index in [2.05, 4.69) is 20.8 Å². The first-order chi connectivity index (χ1) is 13.9. The maximum Gasteiger partial charge on any atom is 0.330 e. The lowest BCUT2D eigenvalue weighted by Gasteiger charge is -2.29. The monoisotopic (exact) mass is 469 g/mol. The lowest BCUT2D eigenvalue weighted by Crippen LogP contribution is -2.42. The number of hydrogen-bond acceptors (Lipinski definition) is 6. The predicted octanol–water partition coefficient (Wildman–Crippen LogP) is 4.80. The Bertz CT molecular complexity index is 439. The molecule has 0 heterocycles. The molecule has 8 nitrogen and oxygen atoms in total. The van der Waals surface area contributed by atoms with E-state index in [0.29, 0.717) is 23.0 Å². The zero-order valence-electron chi connectivity index (χ0n) is 20.6. The normalized spacial score (nSPS) is 14.2. The third-order valence-corrected chi connectivity index (χ3v) is 5.41. The molecule has 3 N–H and O–H groups in total. The van der Waals surface area contributed by atoms with Crippen molar-refractivity contribution in [1.29, 1.82) is 0 Å². The highest BCUT2D eigenvalue weighted by Crippen LogP contribution is 2.36. The Balaban J connectivity index is 0. The van der Waals surface area contributed by atoms with Crippen LogP contribution in [0.3, 0.4) is 0 Å². The summed E-state index contributed by atoms with van der Waals surface area (Å²) in [4.78, 5) is 20.9. The van der Waals surface area contributed by atoms with E-state index in [4.69, 9.17) is 18.9 Å². The van der Waals surface area contributed by atoms with E-state index in [1.165, 1.54) is 19.3 Å². The second-order valence-corrected chi connectivity index (χ2v) is 11.2. The number of unbranched alkanes of at least 4 members (excludes halogenated alkanes) is 6. The van der Waals surface area contributed by atoms with Crippen molar-refractivity contribution in [1.82, 2.24) is 0 Å². The lowest BCUT2D eigenvalue weighted by atomic mass is 9.93. The van der Waals surface area contributed by atoms with Crippen LogP contribution in [0.2, 0.25) is 0 Å². The van der Waals surface area contributed by atoms with Crippen molar-refractivity contribution < 1.29 is 38.5 Å². The van der Waals surface area contributed by atoms with Crippen LogP contribution in [-0.4, -0.2) is 79.5 Å². The average molecular weight is 470 g/mol. The van der Waals surface area contributed by atoms with Crippen LogP contribution in [0.5, 0.6) is 0 Å². The van der Waals surface area contributed by atoms with Gasteiger partial charge in [-0.3, -0.25) is 4.79 Å². The van der Waals surface area contributed by atoms with Crippen LogP contribution < -0.4 is 0 Å². The van der Waals surface area contributed by atoms with Crippen LogP contribution in [0.4, 0.5) is 0 Å². The number of rotatable bonds is 19. The molecule has 188 valence electrons. The third-order valence-electron chi connectivity index (χ3n) is 4.52. The number of hydrogen-bond donors (Lipinski definition) is 2. The summed E-state index contributed by atoms with van der Waals surface area (Å²) in [5.41, 5.74) is 0.346. The standard InChI is InChI=1S/C22H46NO6P.H2O/c1-22(2,3)14-17-27-15-12-10-8-7-9-11-13-16-28-30(26)29-20(18-21(24)25)19-23(4,5)6;/h20,26H,7-19H2,1-6H3;1H2/t20?,30-;/m0./s1. The van der Waals surface area contributed by atoms with Gasteiger partial charge in [-0.1, -0.05) is 52.9 Å². The quantitative estimate of drug-likeness (QED) is 0.159. The van der Waals surface area contributed by atoms with Gasteiger partial charge >= 0.3 is 14.6 Å². The highest BCUT2D eigenvalue weighted by atomic mass is 31.2. The Hall–Kier alpha value is -0.340. The molecule has 0 aliphatic rings. The van der Waals surface area contributed by atoms with E-state index in [9.17, 15) is 9.69 Å². The minimum Gasteiger partial charge on any atom is -0.870 e. The Morgan fingerprint density at radius 1 is 0.935 bits per heavy atom. The van der Waals surface area contributed by atoms with Crippen LogP contribution in [-0.2, 0) is 18.6 Å². The molecule has 0 aromatic rings. The number of nitrogens with zero attached hydrogens (tertiary/aromatic N) is 1. The fourth-order valence-corrected chi connectivity index (χ4v) is 3.65. The van der Waals surface area contributed by atoms with Crippen LogP contribution in [0.1, 0.15) is 78.6 Å². The largest absolute Gasteiger partial charge is 0.870 e. The number of quaternary nitrogens is 1. The minimum absolute atomic E-state index is 0. The van der Waals surface area contributed by atoms with Gasteiger partial charge < -0.3 is 33.7 Å². The second kappa shape index (κ2) is 18.1. The zero-order valence-corrected chi connectivity index (χ0v) is 21.5. The van der Waals surface area contributed by atoms with E-state index >= 15 is 0 Å². The van der Waals surface area contributed by atoms with Gasteiger partial charge in [-0.25, -0.2) is 0 Å². The summed E-state index contributed by atoms with van der Waals surface area (Å²) in [7, 11) is 3.84. The van der Waals surface area contributed by atoms with E-state index < -0.39 is 20.7 Å². The number of likely N-dealkylation sites (N-methyl/N-ethyl adjacent to an activating group) is 1. The smallest absolute Gasteiger partial charge is 0.330 e. The molecule has 0 fully saturated rings. The predicted molar refractivity (Wildman–Crippen MR) is 124 cm³/mol. The van der Waals surface area contributed by atoms with Gasteiger partial charge in [0, 0.05) is 13.2 Å². The molecule has 0 rings (SSSR count). The van der Waals surface area contributed by atoms with E-state index in [1.807, 2.05) is 21.1 Å². The number of carboxylic acid groups (broad SMARTS) is 1. The van der Waals surface area contributed by atoms with Gasteiger partial charge in [0.2, 0.25) is 0 Å². The molecule has 1 unspecified atom stereocenters. The highest BCUT2D eigenvalue weighted by molar-refractivity contribution is 7.40. The molecule has 0 aromatic carbocycles. The van der Waals surface area contributed by atoms with Crippen molar-refractivity contribution in [3.05, 3.63) is 0 Å². The summed E-state index contributed by atoms with van der Waals surface area (Å²) in [5, 5.41) is 9.00. The highest BCUT2D eigenvalue weighted by Gasteiger charge is 2.25. The van der Waals surface area contributed by atoms with Crippen LogP contribution in [0, 0.1) is 5.41 Å². The fraction of sp³-hybridized carbons (Fsp3) is 0.955. The molecule has 0 aliphatic carbocycles. The van der Waals surface area contributed by atoms with Crippen molar-refractivity contribution in [3.8, 4) is 0 Å². The molecule has 0 aromatic heterocycles. The first-order valence-electron chi connectivity index (χ1n) is 11.3. The Kier molecular flexibility index (Phi) is 19.2. The van der Waals surface area contributed by atoms with Crippen LogP contribution in [0.15, 0.2) is 0 Å². The van der Waals surface area contributed by atoms with Crippen molar-refractivity contribution in [2.24, 2.45) is 5.41 Å². The molecule has 0 aliphatic heterocycles. The first kappa shape index (κ1) is 32.8. The van der Waals surface area contributed by atoms with Crippen molar-refractivity contribution >= 4 is 14.6 Å². The van der Waals surface area contributed by atoms with Gasteiger partial charge in [0.15, 0.2) is 0 Å². The summed E-state index contributed by atoms with van der Waals surface area (Å²) in [5.74, 6) is -0.937. The third kappa shape index (κ3) is 25.8. The Labute approximate surface area is 191 Å². The van der Waals surface area contributed by atoms with Gasteiger partial charge in [0.1, 0.15) is 12.6 Å². The van der Waals surface area contributed by atoms with E-state index in [0.717, 1.165) is 45.3 Å². The summed E-state index contributed by atoms with van der Waals surface area (Å²) < 4.78 is 17.0. The number of ether oxygens (including phenoxy) is 1. The van der Waals surface area contributed by atoms with Gasteiger partial charge in [-0.15, -0.1) is 0 Å². The molecular formula is C22H48NO7P. The van der Waals surface area contributed by atoms with Gasteiger partial charge in [-0.05, 0) is 24.7 Å². The van der Waals surface area contributed by atoms with Crippen molar-refractivity contribution in [2.75, 3.05) is 47.5 Å². The topological polar surface area (TPSA) is 115 Å². The second-order valence-electron chi connectivity index (χ2n) is 10.3. The molecule has 0 saturated carbocycles. The van der Waals surface area contributed by atoms with E-state index in [-0.39, 0.29) is 11.9 Å². The molecule has 9 heteroatoms. The van der Waals surface area contributed by atoms with Gasteiger partial charge in [-0.2, -0.15) is 0 Å². The minimum atomic E-state index is -2.04. The molecule has 0 amide bonds. The molecule has 0 bridgehead atoms. The number of aliphatic carboxylic acids is 1. The van der Waals surface area contributed by atoms with Gasteiger partial charge in [0.25, 0.3) is 0 Å². The number of carboxylic acids is 1. The molecular weight excluding hydrogens is 421 g/mol. The van der Waals surface area contributed by atoms with E-state index in [1.54, 1.807) is 0 Å². The maximum absolute atomic E-state index is 11.0. The first-order valence-corrected chi connectivity index (χ1v) is 12.4. The molecule has 0 spiro atoms. The van der Waals surface area contributed by atoms with Crippen LogP contribution in [0.25, 0.3) is 0 Å². The summed E-state index contributed by atoms with van der Waals surface area (Å²) in [6.45, 7) is 9.36. The molecule has 0 saturated heterocycles.